The van der Waals surface area contributed by atoms with Gasteiger partial charge in [-0.3, -0.25) is 0 Å². The highest BCUT2D eigenvalue weighted by molar-refractivity contribution is 6.93. The average molecular weight is 861 g/mol. The fourth-order valence-electron chi connectivity index (χ4n) is 12.2. The van der Waals surface area contributed by atoms with E-state index >= 15 is 0 Å². The zero-order valence-electron chi connectivity index (χ0n) is 41.1. The number of anilines is 5. The lowest BCUT2D eigenvalue weighted by atomic mass is 9.45. The van der Waals surface area contributed by atoms with E-state index in [0.29, 0.717) is 0 Å². The number of furan rings is 1. The van der Waals surface area contributed by atoms with Crippen LogP contribution in [0, 0.1) is 0 Å². The largest absolute Gasteiger partial charge is 0.466 e. The minimum Gasteiger partial charge on any atom is -0.466 e. The molecule has 0 unspecified atom stereocenters. The molecule has 0 fully saturated rings. The molecule has 66 heavy (non-hydrogen) atoms. The summed E-state index contributed by atoms with van der Waals surface area (Å²) in [5.74, 6) is 0. The maximum atomic E-state index is 7.52. The van der Waals surface area contributed by atoms with Crippen molar-refractivity contribution in [3.63, 3.8) is 0 Å². The Hall–Kier alpha value is -6.26. The molecule has 2 aliphatic heterocycles. The number of benzene rings is 7. The first kappa shape index (κ1) is 41.2. The summed E-state index contributed by atoms with van der Waals surface area (Å²) in [6, 6.07) is 51.7. The van der Waals surface area contributed by atoms with E-state index in [1.165, 1.54) is 89.2 Å². The Balaban J connectivity index is 1.27. The van der Waals surface area contributed by atoms with Gasteiger partial charge in [-0.05, 0) is 143 Å². The lowest BCUT2D eigenvalue weighted by Crippen LogP contribution is -2.61. The van der Waals surface area contributed by atoms with Crippen LogP contribution < -0.4 is 20.8 Å². The molecule has 0 spiro atoms. The second-order valence-corrected chi connectivity index (χ2v) is 23.8. The summed E-state index contributed by atoms with van der Waals surface area (Å²) in [7, 11) is 0. The second-order valence-electron chi connectivity index (χ2n) is 23.8. The highest BCUT2D eigenvalue weighted by Gasteiger charge is 2.53. The van der Waals surface area contributed by atoms with Crippen molar-refractivity contribution in [3.05, 3.63) is 172 Å². The van der Waals surface area contributed by atoms with Crippen LogP contribution >= 0.6 is 0 Å². The molecule has 328 valence electrons. The fourth-order valence-corrected chi connectivity index (χ4v) is 12.2. The van der Waals surface area contributed by atoms with Gasteiger partial charge in [0.2, 0.25) is 0 Å². The Morgan fingerprint density at radius 3 is 1.59 bits per heavy atom. The smallest absolute Gasteiger partial charge is 0.375 e. The van der Waals surface area contributed by atoms with Crippen LogP contribution in [0.5, 0.6) is 0 Å². The van der Waals surface area contributed by atoms with E-state index in [1.54, 1.807) is 0 Å². The molecule has 0 atom stereocenters. The summed E-state index contributed by atoms with van der Waals surface area (Å²) in [5.41, 5.74) is 25.9. The zero-order valence-corrected chi connectivity index (χ0v) is 41.1. The molecule has 3 nitrogen and oxygen atoms in total. The van der Waals surface area contributed by atoms with E-state index < -0.39 is 0 Å². The van der Waals surface area contributed by atoms with Crippen LogP contribution in [0.3, 0.4) is 0 Å². The number of nitrogens with zero attached hydrogens (tertiary/aromatic N) is 2. The first-order chi connectivity index (χ1) is 31.2. The van der Waals surface area contributed by atoms with E-state index in [2.05, 4.69) is 233 Å². The van der Waals surface area contributed by atoms with Gasteiger partial charge in [0.15, 0.2) is 0 Å². The summed E-state index contributed by atoms with van der Waals surface area (Å²) in [6.07, 6.45) is 0. The van der Waals surface area contributed by atoms with E-state index in [0.717, 1.165) is 33.7 Å². The van der Waals surface area contributed by atoms with Gasteiger partial charge in [0, 0.05) is 44.5 Å². The van der Waals surface area contributed by atoms with Gasteiger partial charge in [-0.25, -0.2) is 0 Å². The minimum atomic E-state index is -0.293. The van der Waals surface area contributed by atoms with Crippen molar-refractivity contribution in [1.82, 2.24) is 0 Å². The first-order valence-corrected chi connectivity index (χ1v) is 24.1. The topological polar surface area (TPSA) is 19.6 Å². The van der Waals surface area contributed by atoms with Crippen molar-refractivity contribution in [2.75, 3.05) is 9.71 Å². The first-order valence-electron chi connectivity index (χ1n) is 24.1. The highest BCUT2D eigenvalue weighted by Crippen LogP contribution is 2.60. The molecule has 4 aliphatic rings. The normalized spacial score (nSPS) is 16.1. The van der Waals surface area contributed by atoms with E-state index in [1.807, 2.05) is 0 Å². The second kappa shape index (κ2) is 13.2. The lowest BCUT2D eigenvalue weighted by Gasteiger charge is -2.46. The van der Waals surface area contributed by atoms with E-state index in [-0.39, 0.29) is 33.9 Å². The van der Waals surface area contributed by atoms with Crippen molar-refractivity contribution in [2.45, 2.75) is 117 Å². The molecule has 0 radical (unpaired) electrons. The van der Waals surface area contributed by atoms with Crippen LogP contribution in [0.25, 0.3) is 44.3 Å². The molecule has 3 heterocycles. The molecule has 0 N–H and O–H groups in total. The summed E-state index contributed by atoms with van der Waals surface area (Å²) < 4.78 is 7.52. The summed E-state index contributed by atoms with van der Waals surface area (Å²) >= 11 is 0. The van der Waals surface area contributed by atoms with Crippen molar-refractivity contribution >= 4 is 57.4 Å². The van der Waals surface area contributed by atoms with Gasteiger partial charge in [-0.1, -0.05) is 169 Å². The maximum absolute atomic E-state index is 7.52. The Bertz CT molecular complexity index is 3360. The van der Waals surface area contributed by atoms with Crippen molar-refractivity contribution < 1.29 is 4.42 Å². The fraction of sp³-hybridized carbons (Fsp3) is 0.290. The zero-order chi connectivity index (χ0) is 46.2. The standard InChI is InChI=1S/C62H61BN2O/c1-58(2,3)36-22-27-39(28-23-36)64-55-47-32-38(60(7,8)9)26-31-52(47)66-57(55)63-54-46(34-45-42-19-15-17-21-49(42)62(12,13)53(45)56(54)64)44-33-43-41-18-14-16-20-48(41)61(10,11)50(43)35-51(44)65(63)40-29-24-37(25-30-40)59(4,5)6/h14-35H,1-13H3. The third kappa shape index (κ3) is 5.57. The van der Waals surface area contributed by atoms with Gasteiger partial charge in [-0.15, -0.1) is 0 Å². The Morgan fingerprint density at radius 2 is 0.985 bits per heavy atom. The molecule has 7 aromatic carbocycles. The van der Waals surface area contributed by atoms with Crippen molar-refractivity contribution in [2.24, 2.45) is 0 Å². The van der Waals surface area contributed by atoms with Crippen LogP contribution in [0.4, 0.5) is 28.4 Å². The van der Waals surface area contributed by atoms with Crippen LogP contribution in [0.15, 0.2) is 138 Å². The monoisotopic (exact) mass is 860 g/mol. The quantitative estimate of drug-likeness (QED) is 0.161. The van der Waals surface area contributed by atoms with Crippen LogP contribution in [0.2, 0.25) is 0 Å². The van der Waals surface area contributed by atoms with Gasteiger partial charge in [0.1, 0.15) is 11.2 Å². The molecule has 0 saturated heterocycles. The highest BCUT2D eigenvalue weighted by atomic mass is 16.3. The van der Waals surface area contributed by atoms with Gasteiger partial charge in [-0.2, -0.15) is 0 Å². The number of fused-ring (bicyclic) bond motifs is 13. The third-order valence-corrected chi connectivity index (χ3v) is 15.9. The molecule has 8 aromatic rings. The van der Waals surface area contributed by atoms with Crippen LogP contribution in [-0.2, 0) is 27.1 Å². The number of rotatable bonds is 2. The van der Waals surface area contributed by atoms with Crippen LogP contribution in [-0.4, -0.2) is 6.85 Å². The summed E-state index contributed by atoms with van der Waals surface area (Å²) in [5, 5.41) is 1.15. The molecular weight excluding hydrogens is 800 g/mol. The maximum Gasteiger partial charge on any atom is 0.375 e. The van der Waals surface area contributed by atoms with E-state index in [4.69, 9.17) is 4.42 Å². The Morgan fingerprint density at radius 1 is 0.455 bits per heavy atom. The predicted octanol–water partition coefficient (Wildman–Crippen LogP) is 15.6. The predicted molar refractivity (Wildman–Crippen MR) is 281 cm³/mol. The Kier molecular flexibility index (Phi) is 8.25. The molecule has 0 amide bonds. The van der Waals surface area contributed by atoms with Crippen LogP contribution in [0.1, 0.15) is 129 Å². The lowest BCUT2D eigenvalue weighted by molar-refractivity contribution is 0.590. The molecule has 4 heteroatoms. The van der Waals surface area contributed by atoms with Crippen molar-refractivity contribution in [3.8, 4) is 33.4 Å². The molecule has 2 aliphatic carbocycles. The van der Waals surface area contributed by atoms with E-state index in [9.17, 15) is 0 Å². The van der Waals surface area contributed by atoms with Crippen molar-refractivity contribution in [1.29, 1.82) is 0 Å². The summed E-state index contributed by atoms with van der Waals surface area (Å²) in [4.78, 5) is 5.28. The molecular formula is C62H61BN2O. The van der Waals surface area contributed by atoms with Gasteiger partial charge >= 0.3 is 6.85 Å². The van der Waals surface area contributed by atoms with Gasteiger partial charge in [0.25, 0.3) is 0 Å². The molecule has 12 rings (SSSR count). The molecule has 0 saturated carbocycles. The third-order valence-electron chi connectivity index (χ3n) is 15.9. The molecule has 0 bridgehead atoms. The number of hydrogen-bond acceptors (Lipinski definition) is 3. The van der Waals surface area contributed by atoms with Gasteiger partial charge in [0.05, 0.1) is 5.69 Å². The summed E-state index contributed by atoms with van der Waals surface area (Å²) in [6.45, 7) is 30.2. The minimum absolute atomic E-state index is 0.0115. The number of hydrogen-bond donors (Lipinski definition) is 0. The average Bonchev–Trinajstić information content (AvgIpc) is 3.84. The van der Waals surface area contributed by atoms with Gasteiger partial charge < -0.3 is 14.1 Å². The molecule has 1 aromatic heterocycles. The SMILES string of the molecule is CC(C)(C)c1ccc(N2B3c4oc5ccc(C(C)(C)C)cc5c4N(c4ccc(C(C)(C)C)cc4)c4c3c(cc3c4C(C)(C)c4ccccc4-3)-c3cc4c(cc32)C(C)(C)c2ccccc2-4)cc1. The Labute approximate surface area is 392 Å².